The van der Waals surface area contributed by atoms with E-state index in [-0.39, 0.29) is 24.0 Å². The van der Waals surface area contributed by atoms with Crippen LogP contribution in [0.3, 0.4) is 0 Å². The second kappa shape index (κ2) is 13.1. The number of anilines is 1. The van der Waals surface area contributed by atoms with Crippen LogP contribution in [0.15, 0.2) is 47.6 Å². The fourth-order valence-corrected chi connectivity index (χ4v) is 4.06. The van der Waals surface area contributed by atoms with Crippen molar-refractivity contribution in [1.82, 2.24) is 20.5 Å². The Labute approximate surface area is 208 Å². The summed E-state index contributed by atoms with van der Waals surface area (Å²) in [6.45, 7) is 10.0. The highest BCUT2D eigenvalue weighted by Crippen LogP contribution is 2.25. The molecule has 0 radical (unpaired) electrons. The number of benzene rings is 1. The van der Waals surface area contributed by atoms with Gasteiger partial charge in [-0.2, -0.15) is 0 Å². The number of aliphatic imine (C=N–C) groups is 1. The van der Waals surface area contributed by atoms with E-state index in [0.717, 1.165) is 57.5 Å². The van der Waals surface area contributed by atoms with Crippen molar-refractivity contribution in [3.8, 4) is 0 Å². The number of nitrogens with zero attached hydrogens (tertiary/aromatic N) is 4. The Morgan fingerprint density at radius 2 is 1.94 bits per heavy atom. The molecule has 3 rings (SSSR count). The van der Waals surface area contributed by atoms with Crippen LogP contribution in [0.5, 0.6) is 0 Å². The van der Waals surface area contributed by atoms with Gasteiger partial charge in [-0.25, -0.2) is 4.98 Å². The summed E-state index contributed by atoms with van der Waals surface area (Å²) in [5, 5.41) is 7.74. The summed E-state index contributed by atoms with van der Waals surface area (Å²) in [5.41, 5.74) is 2.67. The zero-order chi connectivity index (χ0) is 21.3. The van der Waals surface area contributed by atoms with Gasteiger partial charge in [0.15, 0.2) is 5.96 Å². The lowest BCUT2D eigenvalue weighted by molar-refractivity contribution is 0.295. The minimum absolute atomic E-state index is 0. The quantitative estimate of drug-likeness (QED) is 0.291. The van der Waals surface area contributed by atoms with Gasteiger partial charge < -0.3 is 15.5 Å². The van der Waals surface area contributed by atoms with Gasteiger partial charge in [0, 0.05) is 45.5 Å². The van der Waals surface area contributed by atoms with E-state index >= 15 is 0 Å². The zero-order valence-corrected chi connectivity index (χ0v) is 21.7. The van der Waals surface area contributed by atoms with Crippen LogP contribution < -0.4 is 15.5 Å². The molecule has 31 heavy (non-hydrogen) atoms. The van der Waals surface area contributed by atoms with E-state index in [2.05, 4.69) is 68.5 Å². The Morgan fingerprint density at radius 1 is 1.19 bits per heavy atom. The van der Waals surface area contributed by atoms with Crippen molar-refractivity contribution in [2.45, 2.75) is 39.4 Å². The van der Waals surface area contributed by atoms with Crippen molar-refractivity contribution in [2.24, 2.45) is 4.99 Å². The number of halogens is 2. The molecule has 6 nitrogen and oxygen atoms in total. The van der Waals surface area contributed by atoms with E-state index in [4.69, 9.17) is 11.6 Å². The molecule has 1 unspecified atom stereocenters. The third-order valence-corrected chi connectivity index (χ3v) is 5.94. The highest BCUT2D eigenvalue weighted by molar-refractivity contribution is 14.0. The van der Waals surface area contributed by atoms with Crippen molar-refractivity contribution in [3.63, 3.8) is 0 Å². The molecule has 0 saturated carbocycles. The average Bonchev–Trinajstić information content (AvgIpc) is 3.24. The van der Waals surface area contributed by atoms with Crippen LogP contribution in [0.25, 0.3) is 0 Å². The zero-order valence-electron chi connectivity index (χ0n) is 18.6. The molecule has 8 heteroatoms. The number of hydrogen-bond donors (Lipinski definition) is 2. The van der Waals surface area contributed by atoms with Gasteiger partial charge in [0.05, 0.1) is 5.02 Å². The first-order valence-corrected chi connectivity index (χ1v) is 11.1. The van der Waals surface area contributed by atoms with E-state index in [9.17, 15) is 0 Å². The van der Waals surface area contributed by atoms with Crippen LogP contribution in [-0.2, 0) is 13.1 Å². The van der Waals surface area contributed by atoms with Gasteiger partial charge in [0.2, 0.25) is 0 Å². The van der Waals surface area contributed by atoms with Gasteiger partial charge in [0.1, 0.15) is 5.82 Å². The molecule has 1 aromatic carbocycles. The number of hydrogen-bond acceptors (Lipinski definition) is 4. The molecular weight excluding hydrogens is 523 g/mol. The highest BCUT2D eigenvalue weighted by Gasteiger charge is 2.25. The van der Waals surface area contributed by atoms with E-state index in [1.165, 1.54) is 11.1 Å². The van der Waals surface area contributed by atoms with Crippen molar-refractivity contribution >= 4 is 47.4 Å². The van der Waals surface area contributed by atoms with Crippen molar-refractivity contribution in [1.29, 1.82) is 0 Å². The molecule has 0 spiro atoms. The minimum Gasteiger partial charge on any atom is -0.353 e. The first kappa shape index (κ1) is 25.7. The molecule has 1 aliphatic heterocycles. The minimum atomic E-state index is 0. The van der Waals surface area contributed by atoms with Gasteiger partial charge in [-0.05, 0) is 42.8 Å². The van der Waals surface area contributed by atoms with Crippen LogP contribution in [0.2, 0.25) is 5.02 Å². The Morgan fingerprint density at radius 3 is 2.61 bits per heavy atom. The SMILES string of the molecule is CCN(CC)Cc1ccccc1CNC(=NC)NC1CCN(c2ncccc2Cl)C1.I. The maximum atomic E-state index is 6.31. The number of rotatable bonds is 8. The van der Waals surface area contributed by atoms with Gasteiger partial charge in [-0.15, -0.1) is 24.0 Å². The van der Waals surface area contributed by atoms with Crippen molar-refractivity contribution < 1.29 is 0 Å². The summed E-state index contributed by atoms with van der Waals surface area (Å²) in [6, 6.07) is 12.7. The Kier molecular flexibility index (Phi) is 10.8. The first-order valence-electron chi connectivity index (χ1n) is 10.8. The second-order valence-electron chi connectivity index (χ2n) is 7.54. The fraction of sp³-hybridized carbons (Fsp3) is 0.478. The predicted octanol–water partition coefficient (Wildman–Crippen LogP) is 4.14. The predicted molar refractivity (Wildman–Crippen MR) is 142 cm³/mol. The smallest absolute Gasteiger partial charge is 0.191 e. The molecule has 0 aliphatic carbocycles. The third-order valence-electron chi connectivity index (χ3n) is 5.64. The molecule has 1 aliphatic rings. The molecule has 2 N–H and O–H groups in total. The van der Waals surface area contributed by atoms with Crippen molar-refractivity contribution in [2.75, 3.05) is 38.1 Å². The molecule has 0 bridgehead atoms. The molecule has 1 atom stereocenters. The standard InChI is InChI=1S/C23H33ClN6.HI/c1-4-29(5-2)16-19-10-7-6-9-18(19)15-27-23(25-3)28-20-12-14-30(17-20)22-21(24)11-8-13-26-22;/h6-11,13,20H,4-5,12,14-17H2,1-3H3,(H2,25,27,28);1H. The van der Waals surface area contributed by atoms with E-state index < -0.39 is 0 Å². The van der Waals surface area contributed by atoms with Gasteiger partial charge >= 0.3 is 0 Å². The summed E-state index contributed by atoms with van der Waals surface area (Å²) >= 11 is 6.31. The first-order chi connectivity index (χ1) is 14.6. The highest BCUT2D eigenvalue weighted by atomic mass is 127. The molecule has 1 saturated heterocycles. The van der Waals surface area contributed by atoms with Crippen LogP contribution >= 0.6 is 35.6 Å². The number of aromatic nitrogens is 1. The molecular formula is C23H34ClIN6. The fourth-order valence-electron chi connectivity index (χ4n) is 3.82. The van der Waals surface area contributed by atoms with Crippen LogP contribution in [0.4, 0.5) is 5.82 Å². The maximum Gasteiger partial charge on any atom is 0.191 e. The number of nitrogens with one attached hydrogen (secondary N) is 2. The molecule has 1 fully saturated rings. The maximum absolute atomic E-state index is 6.31. The summed E-state index contributed by atoms with van der Waals surface area (Å²) < 4.78 is 0. The van der Waals surface area contributed by atoms with Gasteiger partial charge in [-0.3, -0.25) is 9.89 Å². The Bertz CT molecular complexity index is 842. The van der Waals surface area contributed by atoms with Crippen molar-refractivity contribution in [3.05, 3.63) is 58.7 Å². The lowest BCUT2D eigenvalue weighted by Gasteiger charge is -2.22. The monoisotopic (exact) mass is 556 g/mol. The Balaban J connectivity index is 0.00000341. The Hall–Kier alpha value is -1.58. The van der Waals surface area contributed by atoms with Gasteiger partial charge in [0.25, 0.3) is 0 Å². The number of guanidine groups is 1. The van der Waals surface area contributed by atoms with Crippen LogP contribution in [-0.4, -0.2) is 55.1 Å². The van der Waals surface area contributed by atoms with Crippen LogP contribution in [0, 0.1) is 0 Å². The lowest BCUT2D eigenvalue weighted by Crippen LogP contribution is -2.44. The lowest BCUT2D eigenvalue weighted by atomic mass is 10.1. The van der Waals surface area contributed by atoms with E-state index in [1.807, 2.05) is 19.2 Å². The molecule has 2 aromatic rings. The second-order valence-corrected chi connectivity index (χ2v) is 7.95. The summed E-state index contributed by atoms with van der Waals surface area (Å²) in [6.07, 6.45) is 2.81. The summed E-state index contributed by atoms with van der Waals surface area (Å²) in [5.74, 6) is 1.68. The molecule has 0 amide bonds. The largest absolute Gasteiger partial charge is 0.353 e. The average molecular weight is 557 g/mol. The summed E-state index contributed by atoms with van der Waals surface area (Å²) in [4.78, 5) is 13.5. The van der Waals surface area contributed by atoms with Crippen LogP contribution in [0.1, 0.15) is 31.4 Å². The van der Waals surface area contributed by atoms with Gasteiger partial charge in [-0.1, -0.05) is 49.7 Å². The summed E-state index contributed by atoms with van der Waals surface area (Å²) in [7, 11) is 1.82. The van der Waals surface area contributed by atoms with E-state index in [0.29, 0.717) is 11.1 Å². The molecule has 1 aromatic heterocycles. The molecule has 2 heterocycles. The third kappa shape index (κ3) is 7.22. The number of pyridine rings is 1. The normalized spacial score (nSPS) is 16.4. The van der Waals surface area contributed by atoms with E-state index in [1.54, 1.807) is 6.20 Å². The topological polar surface area (TPSA) is 55.8 Å². The molecule has 170 valence electrons.